The van der Waals surface area contributed by atoms with Crippen molar-refractivity contribution in [3.63, 3.8) is 0 Å². The Morgan fingerprint density at radius 3 is 2.76 bits per heavy atom. The summed E-state index contributed by atoms with van der Waals surface area (Å²) >= 11 is 1.35. The number of thiophene rings is 1. The molecule has 0 radical (unpaired) electrons. The normalized spacial score (nSPS) is 10.0. The lowest BCUT2D eigenvalue weighted by molar-refractivity contribution is -0.119. The van der Waals surface area contributed by atoms with E-state index in [9.17, 15) is 9.59 Å². The van der Waals surface area contributed by atoms with Gasteiger partial charge in [0, 0.05) is 25.0 Å². The molecule has 17 heavy (non-hydrogen) atoms. The molecule has 1 aromatic heterocycles. The first-order valence-corrected chi connectivity index (χ1v) is 6.17. The van der Waals surface area contributed by atoms with Crippen molar-refractivity contribution in [1.29, 1.82) is 0 Å². The van der Waals surface area contributed by atoms with E-state index in [1.165, 1.54) is 18.3 Å². The highest BCUT2D eigenvalue weighted by molar-refractivity contribution is 7.14. The number of aliphatic hydroxyl groups excluding tert-OH is 1. The molecule has 6 heteroatoms. The zero-order chi connectivity index (χ0) is 12.7. The fourth-order valence-electron chi connectivity index (χ4n) is 1.17. The van der Waals surface area contributed by atoms with E-state index in [2.05, 4.69) is 10.6 Å². The number of carbonyl (C=O) groups excluding carboxylic acids is 2. The summed E-state index contributed by atoms with van der Waals surface area (Å²) in [5.74, 6) is -0.232. The van der Waals surface area contributed by atoms with Gasteiger partial charge in [0.1, 0.15) is 0 Å². The minimum atomic E-state index is -0.141. The Hall–Kier alpha value is -1.40. The maximum Gasteiger partial charge on any atom is 0.261 e. The summed E-state index contributed by atoms with van der Waals surface area (Å²) in [6.07, 6.45) is 0.551. The standard InChI is InChI=1S/C11H16N2O3S/c1-8(15)13-7-9-3-4-10(17-9)11(16)12-5-2-6-14/h3-4,14H,2,5-7H2,1H3,(H,12,16)(H,13,15). The van der Waals surface area contributed by atoms with E-state index in [4.69, 9.17) is 5.11 Å². The summed E-state index contributed by atoms with van der Waals surface area (Å²) in [6.45, 7) is 2.44. The number of rotatable bonds is 6. The maximum atomic E-state index is 11.6. The van der Waals surface area contributed by atoms with Gasteiger partial charge in [0.05, 0.1) is 11.4 Å². The Morgan fingerprint density at radius 1 is 1.35 bits per heavy atom. The molecule has 0 aromatic carbocycles. The van der Waals surface area contributed by atoms with Gasteiger partial charge in [-0.15, -0.1) is 11.3 Å². The number of carbonyl (C=O) groups is 2. The first kappa shape index (κ1) is 13.7. The van der Waals surface area contributed by atoms with E-state index < -0.39 is 0 Å². The summed E-state index contributed by atoms with van der Waals surface area (Å²) in [6, 6.07) is 3.55. The van der Waals surface area contributed by atoms with E-state index in [0.29, 0.717) is 24.4 Å². The fourth-order valence-corrected chi connectivity index (χ4v) is 2.04. The van der Waals surface area contributed by atoms with Gasteiger partial charge in [0.15, 0.2) is 0 Å². The Balaban J connectivity index is 2.43. The Morgan fingerprint density at radius 2 is 2.12 bits per heavy atom. The number of hydrogen-bond donors (Lipinski definition) is 3. The van der Waals surface area contributed by atoms with E-state index >= 15 is 0 Å². The smallest absolute Gasteiger partial charge is 0.261 e. The van der Waals surface area contributed by atoms with Crippen molar-refractivity contribution in [1.82, 2.24) is 10.6 Å². The number of hydrogen-bond acceptors (Lipinski definition) is 4. The van der Waals surface area contributed by atoms with Crippen molar-refractivity contribution in [2.75, 3.05) is 13.2 Å². The highest BCUT2D eigenvalue weighted by atomic mass is 32.1. The number of amides is 2. The van der Waals surface area contributed by atoms with Gasteiger partial charge in [-0.3, -0.25) is 9.59 Å². The zero-order valence-corrected chi connectivity index (χ0v) is 10.5. The second-order valence-corrected chi connectivity index (χ2v) is 4.68. The van der Waals surface area contributed by atoms with Crippen LogP contribution < -0.4 is 10.6 Å². The molecule has 1 rings (SSSR count). The molecule has 5 nitrogen and oxygen atoms in total. The highest BCUT2D eigenvalue weighted by Gasteiger charge is 2.08. The van der Waals surface area contributed by atoms with Crippen LogP contribution in [-0.2, 0) is 11.3 Å². The van der Waals surface area contributed by atoms with Crippen LogP contribution in [-0.4, -0.2) is 30.1 Å². The van der Waals surface area contributed by atoms with Crippen molar-refractivity contribution in [2.24, 2.45) is 0 Å². The zero-order valence-electron chi connectivity index (χ0n) is 9.66. The van der Waals surface area contributed by atoms with Gasteiger partial charge in [-0.25, -0.2) is 0 Å². The van der Waals surface area contributed by atoms with Crippen LogP contribution in [0.3, 0.4) is 0 Å². The molecule has 0 atom stereocenters. The van der Waals surface area contributed by atoms with Gasteiger partial charge in [0.2, 0.25) is 5.91 Å². The van der Waals surface area contributed by atoms with E-state index in [1.807, 2.05) is 6.07 Å². The van der Waals surface area contributed by atoms with E-state index in [1.54, 1.807) is 6.07 Å². The molecular weight excluding hydrogens is 240 g/mol. The van der Waals surface area contributed by atoms with Crippen LogP contribution in [0.2, 0.25) is 0 Å². The van der Waals surface area contributed by atoms with E-state index in [0.717, 1.165) is 4.88 Å². The van der Waals surface area contributed by atoms with Crippen LogP contribution in [0, 0.1) is 0 Å². The molecule has 0 bridgehead atoms. The average molecular weight is 256 g/mol. The fraction of sp³-hybridized carbons (Fsp3) is 0.455. The van der Waals surface area contributed by atoms with Crippen molar-refractivity contribution < 1.29 is 14.7 Å². The molecule has 0 fully saturated rings. The summed E-state index contributed by atoms with van der Waals surface area (Å²) in [5.41, 5.74) is 0. The predicted molar refractivity (Wildman–Crippen MR) is 65.9 cm³/mol. The van der Waals surface area contributed by atoms with Gasteiger partial charge in [-0.05, 0) is 18.6 Å². The topological polar surface area (TPSA) is 78.4 Å². The molecule has 0 aliphatic heterocycles. The molecule has 1 heterocycles. The molecule has 0 saturated carbocycles. The van der Waals surface area contributed by atoms with Gasteiger partial charge in [0.25, 0.3) is 5.91 Å². The summed E-state index contributed by atoms with van der Waals surface area (Å²) in [5, 5.41) is 14.0. The predicted octanol–water partition coefficient (Wildman–Crippen LogP) is 0.496. The molecule has 3 N–H and O–H groups in total. The molecule has 0 spiro atoms. The molecule has 0 aliphatic rings. The monoisotopic (exact) mass is 256 g/mol. The SMILES string of the molecule is CC(=O)NCc1ccc(C(=O)NCCCO)s1. The lowest BCUT2D eigenvalue weighted by Gasteiger charge is -2.01. The second-order valence-electron chi connectivity index (χ2n) is 3.51. The average Bonchev–Trinajstić information content (AvgIpc) is 2.75. The highest BCUT2D eigenvalue weighted by Crippen LogP contribution is 2.16. The van der Waals surface area contributed by atoms with Gasteiger partial charge >= 0.3 is 0 Å². The van der Waals surface area contributed by atoms with Crippen molar-refractivity contribution in [2.45, 2.75) is 19.9 Å². The molecule has 0 unspecified atom stereocenters. The first-order chi connectivity index (χ1) is 8.13. The van der Waals surface area contributed by atoms with Crippen LogP contribution in [0.15, 0.2) is 12.1 Å². The largest absolute Gasteiger partial charge is 0.396 e. The Bertz CT molecular complexity index is 390. The lowest BCUT2D eigenvalue weighted by Crippen LogP contribution is -2.24. The Kier molecular flexibility index (Phi) is 5.65. The molecule has 0 saturated heterocycles. The summed E-state index contributed by atoms with van der Waals surface area (Å²) in [4.78, 5) is 23.9. The molecule has 94 valence electrons. The van der Waals surface area contributed by atoms with Crippen molar-refractivity contribution >= 4 is 23.2 Å². The van der Waals surface area contributed by atoms with Crippen LogP contribution in [0.5, 0.6) is 0 Å². The first-order valence-electron chi connectivity index (χ1n) is 5.35. The second kappa shape index (κ2) is 7.03. The lowest BCUT2D eigenvalue weighted by atomic mass is 10.4. The van der Waals surface area contributed by atoms with Gasteiger partial charge in [-0.1, -0.05) is 0 Å². The van der Waals surface area contributed by atoms with Gasteiger partial charge in [-0.2, -0.15) is 0 Å². The van der Waals surface area contributed by atoms with Crippen LogP contribution in [0.25, 0.3) is 0 Å². The van der Waals surface area contributed by atoms with Crippen LogP contribution in [0.4, 0.5) is 0 Å². The Labute approximate surface area is 104 Å². The molecule has 1 aromatic rings. The van der Waals surface area contributed by atoms with Crippen LogP contribution in [0.1, 0.15) is 27.9 Å². The molecular formula is C11H16N2O3S. The minimum Gasteiger partial charge on any atom is -0.396 e. The third-order valence-electron chi connectivity index (χ3n) is 2.02. The summed E-state index contributed by atoms with van der Waals surface area (Å²) < 4.78 is 0. The number of aliphatic hydroxyl groups is 1. The van der Waals surface area contributed by atoms with Crippen molar-refractivity contribution in [3.05, 3.63) is 21.9 Å². The third-order valence-corrected chi connectivity index (χ3v) is 3.10. The van der Waals surface area contributed by atoms with Crippen LogP contribution >= 0.6 is 11.3 Å². The minimum absolute atomic E-state index is 0.0680. The summed E-state index contributed by atoms with van der Waals surface area (Å²) in [7, 11) is 0. The van der Waals surface area contributed by atoms with E-state index in [-0.39, 0.29) is 18.4 Å². The quantitative estimate of drug-likeness (QED) is 0.648. The van der Waals surface area contributed by atoms with Crippen molar-refractivity contribution in [3.8, 4) is 0 Å². The molecule has 2 amide bonds. The molecule has 0 aliphatic carbocycles. The third kappa shape index (κ3) is 4.97. The number of nitrogens with one attached hydrogen (secondary N) is 2. The van der Waals surface area contributed by atoms with Gasteiger partial charge < -0.3 is 15.7 Å². The maximum absolute atomic E-state index is 11.6.